The van der Waals surface area contributed by atoms with Gasteiger partial charge in [-0.3, -0.25) is 4.79 Å². The number of nitrogens with zero attached hydrogens (tertiary/aromatic N) is 5. The van der Waals surface area contributed by atoms with Crippen LogP contribution in [-0.2, 0) is 14.8 Å². The van der Waals surface area contributed by atoms with Crippen LogP contribution in [0.5, 0.6) is 5.88 Å². The first kappa shape index (κ1) is 28.4. The minimum absolute atomic E-state index is 0.112. The normalized spacial score (nSPS) is 22.2. The zero-order valence-electron chi connectivity index (χ0n) is 24.2. The Bertz CT molecular complexity index is 1580. The molecule has 2 N–H and O–H groups in total. The highest BCUT2D eigenvalue weighted by atomic mass is 32.2. The lowest BCUT2D eigenvalue weighted by molar-refractivity contribution is 0.0710. The topological polar surface area (TPSA) is 141 Å². The molecule has 12 nitrogen and oxygen atoms in total. The highest BCUT2D eigenvalue weighted by Gasteiger charge is 2.42. The Labute approximate surface area is 245 Å². The number of sulfonamides is 1. The Hall–Kier alpha value is -3.71. The van der Waals surface area contributed by atoms with Gasteiger partial charge in [-0.2, -0.15) is 8.42 Å². The van der Waals surface area contributed by atoms with E-state index in [9.17, 15) is 13.2 Å². The molecule has 42 heavy (non-hydrogen) atoms. The number of hydrogen-bond donors (Lipinski definition) is 2. The van der Waals surface area contributed by atoms with Gasteiger partial charge in [0.15, 0.2) is 10.8 Å². The summed E-state index contributed by atoms with van der Waals surface area (Å²) in [7, 11) is -4.25. The predicted octanol–water partition coefficient (Wildman–Crippen LogP) is 3.54. The smallest absolute Gasteiger partial charge is 0.281 e. The van der Waals surface area contributed by atoms with Crippen LogP contribution in [0.2, 0.25) is 0 Å². The quantitative estimate of drug-likeness (QED) is 0.407. The van der Waals surface area contributed by atoms with Gasteiger partial charge >= 0.3 is 0 Å². The van der Waals surface area contributed by atoms with Gasteiger partial charge in [0.05, 0.1) is 24.9 Å². The number of hydrogen-bond acceptors (Lipinski definition) is 10. The summed E-state index contributed by atoms with van der Waals surface area (Å²) >= 11 is 0. The van der Waals surface area contributed by atoms with E-state index in [4.69, 9.17) is 14.5 Å². The molecule has 224 valence electrons. The van der Waals surface area contributed by atoms with E-state index in [0.717, 1.165) is 12.8 Å². The van der Waals surface area contributed by atoms with Crippen LogP contribution in [0.15, 0.2) is 47.6 Å². The van der Waals surface area contributed by atoms with Crippen LogP contribution >= 0.6 is 0 Å². The van der Waals surface area contributed by atoms with Gasteiger partial charge in [-0.1, -0.05) is 13.0 Å². The maximum atomic E-state index is 13.5. The molecular formula is C29H37N7O5S. The summed E-state index contributed by atoms with van der Waals surface area (Å²) in [5, 5.41) is 7.38. The SMILES string of the molecule is CC1(CCCOc2ccn(-c3ccc4c(n3)N3CC(CC3(C)C)OCCNc3cccc(n3)S(=O)(=O)NC4=O)n2)CC1. The Morgan fingerprint density at radius 3 is 2.76 bits per heavy atom. The molecule has 0 radical (unpaired) electrons. The zero-order valence-corrected chi connectivity index (χ0v) is 25.0. The van der Waals surface area contributed by atoms with Gasteiger partial charge in [0.1, 0.15) is 11.6 Å². The van der Waals surface area contributed by atoms with Crippen LogP contribution < -0.4 is 19.7 Å². The van der Waals surface area contributed by atoms with Crippen molar-refractivity contribution < 1.29 is 22.7 Å². The highest BCUT2D eigenvalue weighted by molar-refractivity contribution is 7.90. The second kappa shape index (κ2) is 10.8. The second-order valence-corrected chi connectivity index (χ2v) is 13.9. The average molecular weight is 596 g/mol. The van der Waals surface area contributed by atoms with Crippen molar-refractivity contribution in [2.24, 2.45) is 5.41 Å². The van der Waals surface area contributed by atoms with Gasteiger partial charge in [-0.25, -0.2) is 19.4 Å². The van der Waals surface area contributed by atoms with E-state index in [-0.39, 0.29) is 16.7 Å². The average Bonchev–Trinajstić information content (AvgIpc) is 3.35. The summed E-state index contributed by atoms with van der Waals surface area (Å²) in [6.45, 7) is 8.34. The van der Waals surface area contributed by atoms with Crippen LogP contribution in [0.3, 0.4) is 0 Å². The molecule has 3 aliphatic rings. The van der Waals surface area contributed by atoms with Gasteiger partial charge in [0, 0.05) is 30.9 Å². The lowest BCUT2D eigenvalue weighted by atomic mass is 10.0. The Balaban J connectivity index is 1.31. The third kappa shape index (κ3) is 6.07. The van der Waals surface area contributed by atoms with E-state index in [0.29, 0.717) is 61.5 Å². The number of aromatic nitrogens is 4. The molecular weight excluding hydrogens is 558 g/mol. The van der Waals surface area contributed by atoms with Crippen molar-refractivity contribution in [3.63, 3.8) is 0 Å². The summed E-state index contributed by atoms with van der Waals surface area (Å²) in [5.41, 5.74) is 0.187. The Kier molecular flexibility index (Phi) is 7.34. The molecule has 1 saturated heterocycles. The fraction of sp³-hybridized carbons (Fsp3) is 0.517. The summed E-state index contributed by atoms with van der Waals surface area (Å²) in [6.07, 6.45) is 7.04. The van der Waals surface area contributed by atoms with E-state index in [1.807, 2.05) is 4.90 Å². The molecule has 13 heteroatoms. The van der Waals surface area contributed by atoms with Crippen molar-refractivity contribution in [1.29, 1.82) is 0 Å². The zero-order chi connectivity index (χ0) is 29.5. The monoisotopic (exact) mass is 595 g/mol. The highest BCUT2D eigenvalue weighted by Crippen LogP contribution is 2.48. The fourth-order valence-corrected chi connectivity index (χ4v) is 6.50. The summed E-state index contributed by atoms with van der Waals surface area (Å²) < 4.78 is 42.2. The Morgan fingerprint density at radius 1 is 1.12 bits per heavy atom. The van der Waals surface area contributed by atoms with Gasteiger partial charge in [0.25, 0.3) is 15.9 Å². The largest absolute Gasteiger partial charge is 0.477 e. The van der Waals surface area contributed by atoms with Crippen LogP contribution in [0, 0.1) is 5.41 Å². The predicted molar refractivity (Wildman–Crippen MR) is 157 cm³/mol. The number of amides is 1. The standard InChI is InChI=1S/C29H37N7O5S/c1-28(2)18-20-19-35(28)26-21(27(37)34-42(38,39)25-7-4-6-22(31-25)30-14-17-40-20)8-9-23(32-26)36-15-10-24(33-36)41-16-5-11-29(3)12-13-29/h4,6-10,15,20H,5,11-14,16-19H2,1-3H3,(H,30,31)(H,34,37). The summed E-state index contributed by atoms with van der Waals surface area (Å²) in [5.74, 6) is 0.899. The molecule has 0 spiro atoms. The number of nitrogens with one attached hydrogen (secondary N) is 2. The third-order valence-corrected chi connectivity index (χ3v) is 9.50. The fourth-order valence-electron chi connectivity index (χ4n) is 5.56. The second-order valence-electron chi connectivity index (χ2n) is 12.2. The molecule has 5 heterocycles. The molecule has 4 bridgehead atoms. The van der Waals surface area contributed by atoms with Crippen molar-refractivity contribution in [1.82, 2.24) is 24.5 Å². The number of ether oxygens (including phenoxy) is 2. The molecule has 1 aliphatic carbocycles. The number of carbonyl (C=O) groups excluding carboxylic acids is 1. The van der Waals surface area contributed by atoms with Gasteiger partial charge in [0.2, 0.25) is 5.88 Å². The maximum Gasteiger partial charge on any atom is 0.281 e. The lowest BCUT2D eigenvalue weighted by Gasteiger charge is -2.33. The molecule has 3 aromatic rings. The van der Waals surface area contributed by atoms with Gasteiger partial charge in [-0.05, 0) is 75.6 Å². The van der Waals surface area contributed by atoms with Crippen LogP contribution in [-0.4, -0.2) is 72.0 Å². The summed E-state index contributed by atoms with van der Waals surface area (Å²) in [6, 6.07) is 9.59. The van der Waals surface area contributed by atoms with E-state index < -0.39 is 21.5 Å². The molecule has 1 unspecified atom stereocenters. The van der Waals surface area contributed by atoms with Crippen molar-refractivity contribution >= 4 is 27.6 Å². The lowest BCUT2D eigenvalue weighted by Crippen LogP contribution is -2.41. The van der Waals surface area contributed by atoms with Crippen LogP contribution in [0.4, 0.5) is 11.6 Å². The molecule has 3 aromatic heterocycles. The number of carbonyl (C=O) groups is 1. The first-order chi connectivity index (χ1) is 20.0. The molecule has 6 rings (SSSR count). The van der Waals surface area contributed by atoms with E-state index >= 15 is 0 Å². The van der Waals surface area contributed by atoms with Crippen molar-refractivity contribution in [3.8, 4) is 11.7 Å². The van der Waals surface area contributed by atoms with Crippen LogP contribution in [0.25, 0.3) is 5.82 Å². The van der Waals surface area contributed by atoms with Gasteiger partial charge in [-0.15, -0.1) is 5.10 Å². The number of anilines is 2. The number of fused-ring (bicyclic) bond motifs is 6. The Morgan fingerprint density at radius 2 is 1.95 bits per heavy atom. The van der Waals surface area contributed by atoms with E-state index in [2.05, 4.69) is 40.9 Å². The van der Waals surface area contributed by atoms with E-state index in [1.54, 1.807) is 41.2 Å². The molecule has 1 saturated carbocycles. The first-order valence-electron chi connectivity index (χ1n) is 14.4. The van der Waals surface area contributed by atoms with E-state index in [1.165, 1.54) is 18.9 Å². The first-order valence-corrected chi connectivity index (χ1v) is 15.9. The van der Waals surface area contributed by atoms with Gasteiger partial charge < -0.3 is 19.7 Å². The van der Waals surface area contributed by atoms with Crippen molar-refractivity contribution in [2.75, 3.05) is 36.5 Å². The van der Waals surface area contributed by atoms with Crippen molar-refractivity contribution in [3.05, 3.63) is 48.2 Å². The number of pyridine rings is 2. The van der Waals surface area contributed by atoms with Crippen LogP contribution in [0.1, 0.15) is 63.2 Å². The maximum absolute atomic E-state index is 13.5. The summed E-state index contributed by atoms with van der Waals surface area (Å²) in [4.78, 5) is 24.6. The minimum Gasteiger partial charge on any atom is -0.477 e. The molecule has 2 fully saturated rings. The minimum atomic E-state index is -4.25. The molecule has 1 atom stereocenters. The van der Waals surface area contributed by atoms with Crippen molar-refractivity contribution in [2.45, 2.75) is 69.5 Å². The molecule has 2 aliphatic heterocycles. The molecule has 1 amide bonds. The number of rotatable bonds is 6. The third-order valence-electron chi connectivity index (χ3n) is 8.27. The molecule has 0 aromatic carbocycles.